The number of rotatable bonds is 13. The Labute approximate surface area is 269 Å². The molecule has 0 radical (unpaired) electrons. The molecule has 0 N–H and O–H groups in total. The van der Waals surface area contributed by atoms with E-state index in [-0.39, 0.29) is 34.1 Å². The number of carbonyl (C=O) groups excluding carboxylic acids is 2. The zero-order valence-electron chi connectivity index (χ0n) is 28.2. The largest absolute Gasteiger partial charge is 0.496 e. The summed E-state index contributed by atoms with van der Waals surface area (Å²) in [5.41, 5.74) is 2.97. The van der Waals surface area contributed by atoms with Crippen molar-refractivity contribution in [1.29, 1.82) is 0 Å². The van der Waals surface area contributed by atoms with Gasteiger partial charge in [0.1, 0.15) is 45.6 Å². The molecule has 0 aliphatic heterocycles. The van der Waals surface area contributed by atoms with Crippen LogP contribution in [-0.4, -0.2) is 68.8 Å². The second kappa shape index (κ2) is 14.5. The number of hydrogen-bond acceptors (Lipinski definition) is 10. The smallest absolute Gasteiger partial charge is 0.345 e. The van der Waals surface area contributed by atoms with Crippen LogP contribution >= 0.6 is 0 Å². The molecule has 10 heteroatoms. The first-order chi connectivity index (χ1) is 22.2. The molecule has 0 spiro atoms. The lowest BCUT2D eigenvalue weighted by Gasteiger charge is -2.25. The minimum absolute atomic E-state index is 0.0632. The lowest BCUT2D eigenvalue weighted by atomic mass is 9.85. The number of esters is 2. The summed E-state index contributed by atoms with van der Waals surface area (Å²) in [7, 11) is 11.7. The van der Waals surface area contributed by atoms with Gasteiger partial charge in [0.25, 0.3) is 0 Å². The van der Waals surface area contributed by atoms with Crippen LogP contribution in [0, 0.1) is 0 Å². The molecule has 4 aromatic carbocycles. The van der Waals surface area contributed by atoms with E-state index >= 15 is 0 Å². The molecule has 0 unspecified atom stereocenters. The Morgan fingerprint density at radius 2 is 0.826 bits per heavy atom. The molecule has 10 nitrogen and oxygen atoms in total. The van der Waals surface area contributed by atoms with E-state index in [9.17, 15) is 9.59 Å². The number of methoxy groups -OCH3 is 8. The third-order valence-electron chi connectivity index (χ3n) is 8.12. The molecule has 0 atom stereocenters. The van der Waals surface area contributed by atoms with Crippen molar-refractivity contribution in [2.75, 3.05) is 56.9 Å². The monoisotopic (exact) mass is 634 g/mol. The van der Waals surface area contributed by atoms with E-state index < -0.39 is 11.9 Å². The third-order valence-corrected chi connectivity index (χ3v) is 8.12. The van der Waals surface area contributed by atoms with Crippen molar-refractivity contribution < 1.29 is 47.5 Å². The van der Waals surface area contributed by atoms with Crippen LogP contribution in [0.25, 0.3) is 32.7 Å². The topological polar surface area (TPSA) is 108 Å². The predicted octanol–water partition coefficient (Wildman–Crippen LogP) is 7.19. The van der Waals surface area contributed by atoms with Gasteiger partial charge in [-0.25, -0.2) is 9.59 Å². The zero-order valence-corrected chi connectivity index (χ0v) is 28.2. The van der Waals surface area contributed by atoms with Gasteiger partial charge in [-0.15, -0.1) is 0 Å². The molecule has 4 rings (SSSR count). The number of hydrogen-bond donors (Lipinski definition) is 0. The van der Waals surface area contributed by atoms with Gasteiger partial charge in [0, 0.05) is 21.9 Å². The van der Waals surface area contributed by atoms with Gasteiger partial charge >= 0.3 is 11.9 Å². The van der Waals surface area contributed by atoms with Crippen molar-refractivity contribution in [3.8, 4) is 45.6 Å². The highest BCUT2D eigenvalue weighted by Crippen LogP contribution is 2.55. The van der Waals surface area contributed by atoms with Crippen LogP contribution in [0.2, 0.25) is 0 Å². The van der Waals surface area contributed by atoms with Crippen LogP contribution in [0.5, 0.6) is 34.5 Å². The summed E-state index contributed by atoms with van der Waals surface area (Å²) in [5.74, 6) is 0.782. The van der Waals surface area contributed by atoms with E-state index in [1.807, 2.05) is 24.3 Å². The van der Waals surface area contributed by atoms with Crippen molar-refractivity contribution in [2.45, 2.75) is 39.5 Å². The molecule has 246 valence electrons. The summed E-state index contributed by atoms with van der Waals surface area (Å²) in [6.07, 6.45) is 3.14. The van der Waals surface area contributed by atoms with Crippen LogP contribution in [-0.2, 0) is 22.3 Å². The average Bonchev–Trinajstić information content (AvgIpc) is 3.08. The van der Waals surface area contributed by atoms with E-state index in [0.29, 0.717) is 57.0 Å². The number of ether oxygens (including phenoxy) is 8. The normalized spacial score (nSPS) is 10.9. The van der Waals surface area contributed by atoms with Crippen LogP contribution in [0.15, 0.2) is 24.3 Å². The molecule has 4 aromatic rings. The van der Waals surface area contributed by atoms with Gasteiger partial charge < -0.3 is 37.9 Å². The van der Waals surface area contributed by atoms with Crippen molar-refractivity contribution in [3.63, 3.8) is 0 Å². The van der Waals surface area contributed by atoms with Gasteiger partial charge in [-0.1, -0.05) is 26.7 Å². The molecule has 0 saturated heterocycles. The first kappa shape index (κ1) is 34.0. The highest BCUT2D eigenvalue weighted by atomic mass is 16.5. The summed E-state index contributed by atoms with van der Waals surface area (Å²) in [5, 5.41) is 2.50. The van der Waals surface area contributed by atoms with Gasteiger partial charge in [-0.3, -0.25) is 0 Å². The van der Waals surface area contributed by atoms with E-state index in [1.165, 1.54) is 42.7 Å². The molecular formula is C36H42O10. The fourth-order valence-corrected chi connectivity index (χ4v) is 6.22. The second-order valence-electron chi connectivity index (χ2n) is 10.5. The Bertz CT molecular complexity index is 1660. The van der Waals surface area contributed by atoms with Crippen molar-refractivity contribution in [2.24, 2.45) is 0 Å². The minimum atomic E-state index is -0.674. The van der Waals surface area contributed by atoms with E-state index in [0.717, 1.165) is 24.0 Å². The molecule has 0 fully saturated rings. The Hall–Kier alpha value is -4.86. The molecule has 0 heterocycles. The molecule has 0 aromatic heterocycles. The fraction of sp³-hybridized carbons (Fsp3) is 0.389. The number of aryl methyl sites for hydroxylation is 2. The first-order valence-electron chi connectivity index (χ1n) is 15.0. The maximum Gasteiger partial charge on any atom is 0.345 e. The Kier molecular flexibility index (Phi) is 10.7. The molecule has 0 aliphatic rings. The minimum Gasteiger partial charge on any atom is -0.496 e. The molecular weight excluding hydrogens is 592 g/mol. The Balaban J connectivity index is 2.48. The zero-order chi connectivity index (χ0) is 33.7. The van der Waals surface area contributed by atoms with E-state index in [4.69, 9.17) is 37.9 Å². The van der Waals surface area contributed by atoms with Gasteiger partial charge in [-0.2, -0.15) is 0 Å². The highest BCUT2D eigenvalue weighted by molar-refractivity contribution is 6.20. The van der Waals surface area contributed by atoms with E-state index in [2.05, 4.69) is 13.8 Å². The number of fused-ring (bicyclic) bond motifs is 2. The molecule has 0 aliphatic carbocycles. The van der Waals surface area contributed by atoms with Crippen molar-refractivity contribution in [1.82, 2.24) is 0 Å². The standard InChI is InChI=1S/C36H42O10/c1-11-13-19-15-21-23(17-25(19)39-3)31(41-5)29(35(37)45-9)33(43-7)27(21)28-22-16-20(14-12-2)26(40-4)18-24(22)32(42-6)30(34(28)44-8)36(38)46-10/h15-18H,11-14H2,1-10H3. The maximum absolute atomic E-state index is 13.5. The second-order valence-corrected chi connectivity index (χ2v) is 10.5. The summed E-state index contributed by atoms with van der Waals surface area (Å²) in [6.45, 7) is 4.16. The highest BCUT2D eigenvalue weighted by Gasteiger charge is 2.34. The van der Waals surface area contributed by atoms with Gasteiger partial charge in [0.2, 0.25) is 0 Å². The number of carbonyl (C=O) groups is 2. The predicted molar refractivity (Wildman–Crippen MR) is 177 cm³/mol. The number of benzene rings is 4. The molecule has 0 amide bonds. The summed E-state index contributed by atoms with van der Waals surface area (Å²) in [6, 6.07) is 7.70. The van der Waals surface area contributed by atoms with Crippen LogP contribution in [0.1, 0.15) is 58.5 Å². The molecule has 0 bridgehead atoms. The van der Waals surface area contributed by atoms with Crippen molar-refractivity contribution >= 4 is 33.5 Å². The van der Waals surface area contributed by atoms with Gasteiger partial charge in [0.05, 0.1) is 56.9 Å². The average molecular weight is 635 g/mol. The SMILES string of the molecule is CCCc1cc2c(-c3c(OC)c(C(=O)OC)c(OC)c4cc(OC)c(CCC)cc34)c(OC)c(C(=O)OC)c(OC)c2cc1OC. The van der Waals surface area contributed by atoms with Gasteiger partial charge in [0.15, 0.2) is 0 Å². The third kappa shape index (κ3) is 5.57. The van der Waals surface area contributed by atoms with Crippen LogP contribution in [0.3, 0.4) is 0 Å². The summed E-state index contributed by atoms with van der Waals surface area (Å²) < 4.78 is 46.0. The molecule has 46 heavy (non-hydrogen) atoms. The Morgan fingerprint density at radius 3 is 1.09 bits per heavy atom. The fourth-order valence-electron chi connectivity index (χ4n) is 6.22. The van der Waals surface area contributed by atoms with Gasteiger partial charge in [-0.05, 0) is 59.0 Å². The van der Waals surface area contributed by atoms with E-state index in [1.54, 1.807) is 14.2 Å². The lowest BCUT2D eigenvalue weighted by Crippen LogP contribution is -2.12. The van der Waals surface area contributed by atoms with Crippen LogP contribution in [0.4, 0.5) is 0 Å². The summed E-state index contributed by atoms with van der Waals surface area (Å²) >= 11 is 0. The lowest BCUT2D eigenvalue weighted by molar-refractivity contribution is 0.0584. The first-order valence-corrected chi connectivity index (χ1v) is 15.0. The van der Waals surface area contributed by atoms with Crippen LogP contribution < -0.4 is 28.4 Å². The quantitative estimate of drug-likeness (QED) is 0.140. The molecule has 0 saturated carbocycles. The van der Waals surface area contributed by atoms with Crippen molar-refractivity contribution in [3.05, 3.63) is 46.5 Å². The Morgan fingerprint density at radius 1 is 0.478 bits per heavy atom. The summed E-state index contributed by atoms with van der Waals surface area (Å²) in [4.78, 5) is 27.1. The maximum atomic E-state index is 13.5.